The zero-order valence-electron chi connectivity index (χ0n) is 10.6. The minimum Gasteiger partial charge on any atom is -0.313 e. The number of nitrogens with one attached hydrogen (secondary N) is 2. The first-order valence-electron chi connectivity index (χ1n) is 5.34. The molecule has 1 rings (SSSR count). The molecule has 1 aromatic carbocycles. The molecule has 0 saturated heterocycles. The van der Waals surface area contributed by atoms with Gasteiger partial charge in [0.1, 0.15) is 0 Å². The molecule has 0 aliphatic heterocycles. The van der Waals surface area contributed by atoms with Crippen molar-refractivity contribution in [2.75, 3.05) is 25.9 Å². The van der Waals surface area contributed by atoms with E-state index >= 15 is 0 Å². The summed E-state index contributed by atoms with van der Waals surface area (Å²) in [5, 5.41) is 3.11. The van der Waals surface area contributed by atoms with Gasteiger partial charge in [0.2, 0.25) is 0 Å². The molecule has 0 saturated carbocycles. The van der Waals surface area contributed by atoms with Gasteiger partial charge in [0, 0.05) is 20.1 Å². The summed E-state index contributed by atoms with van der Waals surface area (Å²) in [6.45, 7) is 2.01. The Kier molecular flexibility index (Phi) is 4.50. The Morgan fingerprint density at radius 1 is 1.29 bits per heavy atom. The maximum absolute atomic E-state index is 11.6. The Labute approximate surface area is 103 Å². The molecule has 0 heterocycles. The van der Waals surface area contributed by atoms with Crippen molar-refractivity contribution in [1.29, 1.82) is 0 Å². The zero-order chi connectivity index (χ0) is 13.1. The van der Waals surface area contributed by atoms with Gasteiger partial charge in [-0.3, -0.25) is 4.72 Å². The monoisotopic (exact) mass is 257 g/mol. The first-order valence-corrected chi connectivity index (χ1v) is 6.78. The van der Waals surface area contributed by atoms with Crippen LogP contribution in [0.4, 0.5) is 5.69 Å². The molecule has 0 aromatic heterocycles. The van der Waals surface area contributed by atoms with Gasteiger partial charge in [-0.2, -0.15) is 12.7 Å². The van der Waals surface area contributed by atoms with Crippen molar-refractivity contribution in [2.45, 2.75) is 13.0 Å². The van der Waals surface area contributed by atoms with Gasteiger partial charge in [0.15, 0.2) is 0 Å². The smallest absolute Gasteiger partial charge is 0.301 e. The number of rotatable bonds is 5. The van der Waals surface area contributed by atoms with Crippen molar-refractivity contribution in [3.05, 3.63) is 29.8 Å². The van der Waals surface area contributed by atoms with E-state index in [0.717, 1.165) is 9.87 Å². The highest BCUT2D eigenvalue weighted by Gasteiger charge is 2.13. The lowest BCUT2D eigenvalue weighted by Gasteiger charge is -2.15. The molecule has 0 bridgehead atoms. The average Bonchev–Trinajstić information content (AvgIpc) is 2.27. The van der Waals surface area contributed by atoms with E-state index in [1.165, 1.54) is 14.1 Å². The second-order valence-electron chi connectivity index (χ2n) is 4.03. The minimum atomic E-state index is -3.44. The third-order valence-corrected chi connectivity index (χ3v) is 4.00. The lowest BCUT2D eigenvalue weighted by Crippen LogP contribution is -2.29. The number of anilines is 1. The molecule has 1 unspecified atom stereocenters. The molecule has 0 aliphatic rings. The summed E-state index contributed by atoms with van der Waals surface area (Å²) in [5.41, 5.74) is 1.60. The van der Waals surface area contributed by atoms with Gasteiger partial charge in [-0.25, -0.2) is 0 Å². The topological polar surface area (TPSA) is 61.4 Å². The normalized spacial score (nSPS) is 13.7. The fourth-order valence-corrected chi connectivity index (χ4v) is 1.89. The van der Waals surface area contributed by atoms with E-state index in [-0.39, 0.29) is 6.04 Å². The summed E-state index contributed by atoms with van der Waals surface area (Å²) in [6.07, 6.45) is 0. The van der Waals surface area contributed by atoms with E-state index < -0.39 is 10.2 Å². The number of nitrogens with zero attached hydrogens (tertiary/aromatic N) is 1. The molecule has 0 aliphatic carbocycles. The van der Waals surface area contributed by atoms with Gasteiger partial charge in [-0.1, -0.05) is 12.1 Å². The summed E-state index contributed by atoms with van der Waals surface area (Å²) in [7, 11) is 1.40. The summed E-state index contributed by atoms with van der Waals surface area (Å²) in [4.78, 5) is 0. The lowest BCUT2D eigenvalue weighted by atomic mass is 10.1. The van der Waals surface area contributed by atoms with Crippen LogP contribution in [0.2, 0.25) is 0 Å². The van der Waals surface area contributed by atoms with Crippen LogP contribution >= 0.6 is 0 Å². The van der Waals surface area contributed by atoms with Gasteiger partial charge in [0.25, 0.3) is 0 Å². The molecular weight excluding hydrogens is 238 g/mol. The van der Waals surface area contributed by atoms with Crippen LogP contribution in [0.1, 0.15) is 18.5 Å². The lowest BCUT2D eigenvalue weighted by molar-refractivity contribution is 0.527. The SMILES string of the molecule is CNC(C)c1cccc(NS(=O)(=O)N(C)C)c1. The van der Waals surface area contributed by atoms with Crippen LogP contribution in [0.5, 0.6) is 0 Å². The van der Waals surface area contributed by atoms with Crippen LogP contribution < -0.4 is 10.0 Å². The highest BCUT2D eigenvalue weighted by Crippen LogP contribution is 2.18. The number of hydrogen-bond acceptors (Lipinski definition) is 3. The Morgan fingerprint density at radius 3 is 2.47 bits per heavy atom. The second kappa shape index (κ2) is 5.48. The van der Waals surface area contributed by atoms with Crippen LogP contribution in [0, 0.1) is 0 Å². The van der Waals surface area contributed by atoms with Gasteiger partial charge in [-0.15, -0.1) is 0 Å². The van der Waals surface area contributed by atoms with Crippen molar-refractivity contribution in [2.24, 2.45) is 0 Å². The maximum Gasteiger partial charge on any atom is 0.301 e. The van der Waals surface area contributed by atoms with Crippen molar-refractivity contribution in [3.63, 3.8) is 0 Å². The van der Waals surface area contributed by atoms with E-state index in [1.54, 1.807) is 6.07 Å². The summed E-state index contributed by atoms with van der Waals surface area (Å²) >= 11 is 0. The predicted molar refractivity (Wildman–Crippen MR) is 70.1 cm³/mol. The van der Waals surface area contributed by atoms with Crippen LogP contribution in [-0.2, 0) is 10.2 Å². The van der Waals surface area contributed by atoms with E-state index in [4.69, 9.17) is 0 Å². The van der Waals surface area contributed by atoms with Crippen molar-refractivity contribution in [3.8, 4) is 0 Å². The first kappa shape index (κ1) is 14.0. The molecule has 17 heavy (non-hydrogen) atoms. The van der Waals surface area contributed by atoms with Gasteiger partial charge < -0.3 is 5.32 Å². The molecule has 0 fully saturated rings. The molecule has 96 valence electrons. The van der Waals surface area contributed by atoms with E-state index in [1.807, 2.05) is 32.2 Å². The minimum absolute atomic E-state index is 0.179. The summed E-state index contributed by atoms with van der Waals surface area (Å²) in [6, 6.07) is 7.51. The second-order valence-corrected chi connectivity index (χ2v) is 5.91. The van der Waals surface area contributed by atoms with Crippen LogP contribution in [0.15, 0.2) is 24.3 Å². The van der Waals surface area contributed by atoms with Gasteiger partial charge in [-0.05, 0) is 31.7 Å². The Bertz CT molecular complexity index is 471. The number of hydrogen-bond donors (Lipinski definition) is 2. The molecule has 0 spiro atoms. The summed E-state index contributed by atoms with van der Waals surface area (Å²) < 4.78 is 26.9. The van der Waals surface area contributed by atoms with E-state index in [2.05, 4.69) is 10.0 Å². The van der Waals surface area contributed by atoms with E-state index in [9.17, 15) is 8.42 Å². The van der Waals surface area contributed by atoms with Gasteiger partial charge >= 0.3 is 10.2 Å². The Balaban J connectivity index is 2.94. The molecule has 2 N–H and O–H groups in total. The highest BCUT2D eigenvalue weighted by atomic mass is 32.2. The molecule has 0 radical (unpaired) electrons. The van der Waals surface area contributed by atoms with Crippen molar-refractivity contribution >= 4 is 15.9 Å². The highest BCUT2D eigenvalue weighted by molar-refractivity contribution is 7.90. The van der Waals surface area contributed by atoms with Crippen LogP contribution in [-0.4, -0.2) is 33.9 Å². The standard InChI is InChI=1S/C11H19N3O2S/c1-9(12-2)10-6-5-7-11(8-10)13-17(15,16)14(3)4/h5-9,12-13H,1-4H3. The maximum atomic E-state index is 11.6. The largest absolute Gasteiger partial charge is 0.313 e. The van der Waals surface area contributed by atoms with Crippen LogP contribution in [0.25, 0.3) is 0 Å². The fraction of sp³-hybridized carbons (Fsp3) is 0.455. The predicted octanol–water partition coefficient (Wildman–Crippen LogP) is 1.19. The van der Waals surface area contributed by atoms with Crippen molar-refractivity contribution < 1.29 is 8.42 Å². The van der Waals surface area contributed by atoms with E-state index in [0.29, 0.717) is 5.69 Å². The molecule has 1 aromatic rings. The molecule has 1 atom stereocenters. The Hall–Kier alpha value is -1.11. The quantitative estimate of drug-likeness (QED) is 0.833. The average molecular weight is 257 g/mol. The third kappa shape index (κ3) is 3.69. The Morgan fingerprint density at radius 2 is 1.94 bits per heavy atom. The van der Waals surface area contributed by atoms with Crippen LogP contribution in [0.3, 0.4) is 0 Å². The first-order chi connectivity index (χ1) is 7.86. The molecule has 0 amide bonds. The molecule has 6 heteroatoms. The van der Waals surface area contributed by atoms with Crippen molar-refractivity contribution in [1.82, 2.24) is 9.62 Å². The molecule has 5 nitrogen and oxygen atoms in total. The number of benzene rings is 1. The van der Waals surface area contributed by atoms with Gasteiger partial charge in [0.05, 0.1) is 5.69 Å². The zero-order valence-corrected chi connectivity index (χ0v) is 11.4. The summed E-state index contributed by atoms with van der Waals surface area (Å²) in [5.74, 6) is 0. The fourth-order valence-electron chi connectivity index (χ4n) is 1.28. The third-order valence-electron chi connectivity index (χ3n) is 2.55. The molecular formula is C11H19N3O2S.